The molecule has 1 aliphatic heterocycles. The van der Waals surface area contributed by atoms with Gasteiger partial charge in [-0.25, -0.2) is 8.42 Å². The van der Waals surface area contributed by atoms with Crippen LogP contribution in [-0.4, -0.2) is 55.0 Å². The summed E-state index contributed by atoms with van der Waals surface area (Å²) in [5, 5.41) is 0. The molecule has 5 nitrogen and oxygen atoms in total. The Morgan fingerprint density at radius 3 is 2.26 bits per heavy atom. The summed E-state index contributed by atoms with van der Waals surface area (Å²) in [4.78, 5) is 12.0. The van der Waals surface area contributed by atoms with Crippen LogP contribution < -0.4 is 0 Å². The van der Waals surface area contributed by atoms with Crippen LogP contribution in [0.1, 0.15) is 51.9 Å². The highest BCUT2D eigenvalue weighted by atomic mass is 32.2. The molecule has 0 unspecified atom stereocenters. The number of hydrogen-bond donors (Lipinski definition) is 0. The third kappa shape index (κ3) is 10.4. The molecule has 0 bridgehead atoms. The van der Waals surface area contributed by atoms with Gasteiger partial charge in [-0.15, -0.1) is 0 Å². The third-order valence-electron chi connectivity index (χ3n) is 4.19. The van der Waals surface area contributed by atoms with Crippen molar-refractivity contribution in [1.82, 2.24) is 0 Å². The molecule has 0 N–H and O–H groups in total. The first-order valence-electron chi connectivity index (χ1n) is 8.60. The van der Waals surface area contributed by atoms with Crippen LogP contribution >= 0.6 is 0 Å². The van der Waals surface area contributed by atoms with E-state index in [-0.39, 0.29) is 5.75 Å². The lowest BCUT2D eigenvalue weighted by Crippen LogP contribution is -2.34. The molecule has 0 radical (unpaired) electrons. The van der Waals surface area contributed by atoms with Gasteiger partial charge < -0.3 is 9.29 Å². The van der Waals surface area contributed by atoms with Crippen molar-refractivity contribution >= 4 is 26.8 Å². The summed E-state index contributed by atoms with van der Waals surface area (Å²) in [5.41, 5.74) is 0. The summed E-state index contributed by atoms with van der Waals surface area (Å²) in [6.07, 6.45) is 7.43. The molecule has 1 aliphatic carbocycles. The lowest BCUT2D eigenvalue weighted by atomic mass is 9.87. The molecule has 0 aromatic heterocycles. The minimum Gasteiger partial charge on any atom is -0.748 e. The van der Waals surface area contributed by atoms with Gasteiger partial charge in [-0.1, -0.05) is 32.6 Å². The molecular weight excluding hydrogens is 336 g/mol. The maximum atomic E-state index is 12.0. The van der Waals surface area contributed by atoms with Gasteiger partial charge in [0.05, 0.1) is 23.3 Å². The van der Waals surface area contributed by atoms with E-state index in [9.17, 15) is 17.8 Å². The van der Waals surface area contributed by atoms with Crippen molar-refractivity contribution in [3.05, 3.63) is 0 Å². The molecule has 2 aliphatic rings. The monoisotopic (exact) mass is 366 g/mol. The van der Waals surface area contributed by atoms with Crippen LogP contribution in [0.4, 0.5) is 0 Å². The van der Waals surface area contributed by atoms with E-state index in [1.165, 1.54) is 19.3 Å². The van der Waals surface area contributed by atoms with E-state index in [0.29, 0.717) is 29.0 Å². The fourth-order valence-corrected chi connectivity index (χ4v) is 5.25. The van der Waals surface area contributed by atoms with Gasteiger partial charge in [-0.05, 0) is 30.2 Å². The number of ketones is 1. The van der Waals surface area contributed by atoms with E-state index < -0.39 is 10.1 Å². The number of carbonyl (C=O) groups is 1. The Kier molecular flexibility index (Phi) is 10.4. The second-order valence-corrected chi connectivity index (χ2v) is 10.0. The third-order valence-corrected chi connectivity index (χ3v) is 7.16. The summed E-state index contributed by atoms with van der Waals surface area (Å²) in [6, 6.07) is 0. The summed E-state index contributed by atoms with van der Waals surface area (Å²) < 4.78 is 34.8. The summed E-state index contributed by atoms with van der Waals surface area (Å²) in [6.45, 7) is 3.59. The predicted molar refractivity (Wildman–Crippen MR) is 93.8 cm³/mol. The smallest absolute Gasteiger partial charge is 0.184 e. The zero-order valence-corrected chi connectivity index (χ0v) is 15.8. The highest BCUT2D eigenvalue weighted by Crippen LogP contribution is 2.25. The molecular formula is C16H30O5S2. The van der Waals surface area contributed by atoms with Gasteiger partial charge in [0.1, 0.15) is 11.5 Å². The number of Topliss-reactive ketones (excluding diaryl/α,β-unsaturated/α-hetero) is 1. The van der Waals surface area contributed by atoms with Gasteiger partial charge in [0, 0.05) is 11.7 Å². The Morgan fingerprint density at radius 2 is 1.78 bits per heavy atom. The van der Waals surface area contributed by atoms with Crippen LogP contribution in [0.15, 0.2) is 0 Å². The first kappa shape index (κ1) is 20.9. The first-order valence-corrected chi connectivity index (χ1v) is 11.9. The lowest BCUT2D eigenvalue weighted by molar-refractivity contribution is -0.121. The zero-order valence-electron chi connectivity index (χ0n) is 14.1. The van der Waals surface area contributed by atoms with Gasteiger partial charge in [-0.2, -0.15) is 0 Å². The van der Waals surface area contributed by atoms with Crippen molar-refractivity contribution in [2.75, 3.05) is 36.2 Å². The molecule has 2 fully saturated rings. The Hall–Kier alpha value is -0.110. The van der Waals surface area contributed by atoms with Crippen LogP contribution in [-0.2, 0) is 30.5 Å². The van der Waals surface area contributed by atoms with E-state index >= 15 is 0 Å². The quantitative estimate of drug-likeness (QED) is 0.531. The molecule has 7 heteroatoms. The number of ether oxygens (including phenoxy) is 1. The van der Waals surface area contributed by atoms with Crippen molar-refractivity contribution < 1.29 is 22.5 Å². The second kappa shape index (κ2) is 11.4. The normalized spacial score (nSPS) is 20.6. The van der Waals surface area contributed by atoms with Crippen molar-refractivity contribution in [2.24, 2.45) is 5.92 Å². The van der Waals surface area contributed by atoms with E-state index in [0.717, 1.165) is 49.7 Å². The fourth-order valence-electron chi connectivity index (χ4n) is 2.77. The molecule has 0 aromatic rings. The van der Waals surface area contributed by atoms with Crippen molar-refractivity contribution in [1.29, 1.82) is 0 Å². The van der Waals surface area contributed by atoms with Gasteiger partial charge in [-0.3, -0.25) is 4.79 Å². The van der Waals surface area contributed by atoms with Crippen LogP contribution in [0.25, 0.3) is 0 Å². The van der Waals surface area contributed by atoms with E-state index in [1.54, 1.807) is 0 Å². The number of carbonyl (C=O) groups excluding carboxylic acids is 1. The largest absolute Gasteiger partial charge is 0.748 e. The summed E-state index contributed by atoms with van der Waals surface area (Å²) >= 11 is 0. The molecule has 1 saturated heterocycles. The molecule has 0 aromatic carbocycles. The van der Waals surface area contributed by atoms with Gasteiger partial charge in [0.2, 0.25) is 0 Å². The van der Waals surface area contributed by atoms with E-state index in [4.69, 9.17) is 4.74 Å². The molecule has 23 heavy (non-hydrogen) atoms. The summed E-state index contributed by atoms with van der Waals surface area (Å²) in [5.74, 6) is 3.85. The zero-order chi connectivity index (χ0) is 17.1. The van der Waals surface area contributed by atoms with Crippen molar-refractivity contribution in [3.63, 3.8) is 0 Å². The number of unbranched alkanes of at least 4 members (excludes halogenated alkanes) is 1. The summed E-state index contributed by atoms with van der Waals surface area (Å²) in [7, 11) is -3.59. The molecule has 0 amide bonds. The molecule has 1 heterocycles. The molecule has 136 valence electrons. The van der Waals surface area contributed by atoms with Gasteiger partial charge >= 0.3 is 0 Å². The molecule has 2 rings (SSSR count). The lowest BCUT2D eigenvalue weighted by Gasteiger charge is -2.21. The first-order chi connectivity index (χ1) is 10.9. The minimum absolute atomic E-state index is 0.219. The van der Waals surface area contributed by atoms with Gasteiger partial charge in [0.15, 0.2) is 11.5 Å². The molecule has 1 saturated carbocycles. The standard InChI is InChI=1S/C12H21O2S.C4H10O3S/c13-12(11-4-2-1-3-5-11)10-15-8-6-14-7-9-15;1-2-3-4-8(5,6)7/h11H,1-10H2;2-4H2,1H3,(H,5,6,7)/q+1;/p-1. The van der Waals surface area contributed by atoms with Crippen LogP contribution in [0, 0.1) is 5.92 Å². The van der Waals surface area contributed by atoms with Crippen LogP contribution in [0.3, 0.4) is 0 Å². The van der Waals surface area contributed by atoms with E-state index in [2.05, 4.69) is 0 Å². The van der Waals surface area contributed by atoms with Crippen LogP contribution in [0.5, 0.6) is 0 Å². The van der Waals surface area contributed by atoms with Crippen molar-refractivity contribution in [3.8, 4) is 0 Å². The predicted octanol–water partition coefficient (Wildman–Crippen LogP) is 2.12. The molecule has 0 atom stereocenters. The van der Waals surface area contributed by atoms with E-state index in [1.807, 2.05) is 6.92 Å². The van der Waals surface area contributed by atoms with Crippen LogP contribution in [0.2, 0.25) is 0 Å². The maximum Gasteiger partial charge on any atom is 0.184 e. The highest BCUT2D eigenvalue weighted by Gasteiger charge is 2.30. The van der Waals surface area contributed by atoms with Crippen molar-refractivity contribution in [2.45, 2.75) is 51.9 Å². The number of rotatable bonds is 6. The Labute approximate surface area is 143 Å². The highest BCUT2D eigenvalue weighted by molar-refractivity contribution is 7.97. The SMILES string of the molecule is CCCCS(=O)(=O)[O-].O=C(C[S+]1CCOCC1)C1CCCCC1. The number of hydrogen-bond acceptors (Lipinski definition) is 5. The average Bonchev–Trinajstić information content (AvgIpc) is 2.54. The average molecular weight is 367 g/mol. The Morgan fingerprint density at radius 1 is 1.17 bits per heavy atom. The second-order valence-electron chi connectivity index (χ2n) is 6.19. The Bertz CT molecular complexity index is 424. The Balaban J connectivity index is 0.000000284. The fraction of sp³-hybridized carbons (Fsp3) is 0.938. The minimum atomic E-state index is -3.94. The topological polar surface area (TPSA) is 83.5 Å². The molecule has 0 spiro atoms. The maximum absolute atomic E-state index is 12.0. The van der Waals surface area contributed by atoms with Gasteiger partial charge in [0.25, 0.3) is 0 Å².